The molecule has 0 saturated carbocycles. The average Bonchev–Trinajstić information content (AvgIpc) is 2.64. The highest BCUT2D eigenvalue weighted by Crippen LogP contribution is 2.31. The Morgan fingerprint density at radius 1 is 0.692 bits per heavy atom. The van der Waals surface area contributed by atoms with Crippen LogP contribution in [-0.2, 0) is 22.3 Å². The van der Waals surface area contributed by atoms with Crippen LogP contribution in [0, 0.1) is 23.3 Å². The Hall–Kier alpha value is -1.92. The van der Waals surface area contributed by atoms with E-state index in [1.807, 2.05) is 6.92 Å². The molecule has 142 valence electrons. The first-order valence-electron chi connectivity index (χ1n) is 8.52. The summed E-state index contributed by atoms with van der Waals surface area (Å²) >= 11 is 0. The van der Waals surface area contributed by atoms with Gasteiger partial charge in [0.05, 0.1) is 13.2 Å². The summed E-state index contributed by atoms with van der Waals surface area (Å²) in [6.07, 6.45) is 1.23. The third kappa shape index (κ3) is 4.62. The molecule has 2 aromatic rings. The Morgan fingerprint density at radius 2 is 1.19 bits per heavy atom. The minimum Gasteiger partial charge on any atom is -0.384 e. The van der Waals surface area contributed by atoms with E-state index in [1.54, 1.807) is 0 Å². The zero-order valence-electron chi connectivity index (χ0n) is 14.9. The molecule has 0 aromatic heterocycles. The van der Waals surface area contributed by atoms with Crippen molar-refractivity contribution in [2.75, 3.05) is 26.9 Å². The van der Waals surface area contributed by atoms with Crippen molar-refractivity contribution in [3.05, 3.63) is 58.7 Å². The smallest absolute Gasteiger partial charge is 0.167 e. The zero-order valence-corrected chi connectivity index (χ0v) is 14.9. The molecule has 6 heteroatoms. The van der Waals surface area contributed by atoms with Crippen molar-refractivity contribution in [2.45, 2.75) is 26.2 Å². The summed E-state index contributed by atoms with van der Waals surface area (Å²) in [5.74, 6) is -4.53. The third-order valence-electron chi connectivity index (χ3n) is 4.05. The third-order valence-corrected chi connectivity index (χ3v) is 4.05. The average molecular weight is 370 g/mol. The summed E-state index contributed by atoms with van der Waals surface area (Å²) in [7, 11) is 1.45. The summed E-state index contributed by atoms with van der Waals surface area (Å²) in [6.45, 7) is 2.99. The second-order valence-corrected chi connectivity index (χ2v) is 5.91. The van der Waals surface area contributed by atoms with Crippen LogP contribution in [0.3, 0.4) is 0 Å². The van der Waals surface area contributed by atoms with Gasteiger partial charge in [-0.15, -0.1) is 0 Å². The second kappa shape index (κ2) is 9.69. The van der Waals surface area contributed by atoms with Gasteiger partial charge >= 0.3 is 0 Å². The molecule has 0 radical (unpaired) electrons. The van der Waals surface area contributed by atoms with Gasteiger partial charge < -0.3 is 9.47 Å². The summed E-state index contributed by atoms with van der Waals surface area (Å²) in [5, 5.41) is 0. The van der Waals surface area contributed by atoms with Gasteiger partial charge in [0.1, 0.15) is 0 Å². The van der Waals surface area contributed by atoms with E-state index in [4.69, 9.17) is 9.47 Å². The molecule has 2 rings (SSSR count). The summed E-state index contributed by atoms with van der Waals surface area (Å²) < 4.78 is 67.3. The molecule has 0 fully saturated rings. The second-order valence-electron chi connectivity index (χ2n) is 5.91. The van der Waals surface area contributed by atoms with Crippen LogP contribution in [0.15, 0.2) is 24.3 Å². The van der Waals surface area contributed by atoms with E-state index in [-0.39, 0.29) is 48.3 Å². The van der Waals surface area contributed by atoms with Gasteiger partial charge in [0, 0.05) is 24.8 Å². The molecule has 0 saturated heterocycles. The van der Waals surface area contributed by atoms with E-state index >= 15 is 0 Å². The maximum atomic E-state index is 14.4. The van der Waals surface area contributed by atoms with E-state index in [9.17, 15) is 17.6 Å². The van der Waals surface area contributed by atoms with Crippen molar-refractivity contribution in [2.24, 2.45) is 0 Å². The zero-order chi connectivity index (χ0) is 19.1. The van der Waals surface area contributed by atoms with Crippen LogP contribution < -0.4 is 0 Å². The first-order chi connectivity index (χ1) is 12.5. The summed E-state index contributed by atoms with van der Waals surface area (Å²) in [6, 6.07) is 5.25. The van der Waals surface area contributed by atoms with Crippen molar-refractivity contribution in [3.63, 3.8) is 0 Å². The minimum absolute atomic E-state index is 0.124. The molecule has 0 aliphatic heterocycles. The molecular weight excluding hydrogens is 348 g/mol. The van der Waals surface area contributed by atoms with E-state index in [0.29, 0.717) is 6.61 Å². The molecule has 0 aliphatic rings. The number of rotatable bonds is 9. The van der Waals surface area contributed by atoms with Crippen LogP contribution in [0.4, 0.5) is 17.6 Å². The van der Waals surface area contributed by atoms with Gasteiger partial charge in [0.2, 0.25) is 0 Å². The summed E-state index contributed by atoms with van der Waals surface area (Å²) in [5.41, 5.74) is -0.358. The lowest BCUT2D eigenvalue weighted by Gasteiger charge is -2.12. The van der Waals surface area contributed by atoms with Crippen LogP contribution in [0.25, 0.3) is 11.1 Å². The van der Waals surface area contributed by atoms with Crippen molar-refractivity contribution in [1.82, 2.24) is 0 Å². The molecule has 2 nitrogen and oxygen atoms in total. The van der Waals surface area contributed by atoms with Gasteiger partial charge in [0.25, 0.3) is 0 Å². The van der Waals surface area contributed by atoms with Gasteiger partial charge in [-0.25, -0.2) is 17.6 Å². The monoisotopic (exact) mass is 370 g/mol. The van der Waals surface area contributed by atoms with Crippen LogP contribution in [0.5, 0.6) is 0 Å². The van der Waals surface area contributed by atoms with Crippen molar-refractivity contribution >= 4 is 0 Å². The molecule has 0 N–H and O–H groups in total. The number of hydrogen-bond acceptors (Lipinski definition) is 2. The molecule has 0 heterocycles. The van der Waals surface area contributed by atoms with Crippen LogP contribution in [0.1, 0.15) is 24.5 Å². The number of ether oxygens (including phenoxy) is 2. The van der Waals surface area contributed by atoms with E-state index in [1.165, 1.54) is 31.4 Å². The normalized spacial score (nSPS) is 11.2. The first kappa shape index (κ1) is 20.4. The fourth-order valence-corrected chi connectivity index (χ4v) is 2.62. The number of halogens is 4. The predicted octanol–water partition coefficient (Wildman–Crippen LogP) is 5.07. The lowest BCUT2D eigenvalue weighted by atomic mass is 9.98. The fourth-order valence-electron chi connectivity index (χ4n) is 2.62. The van der Waals surface area contributed by atoms with Gasteiger partial charge in [-0.3, -0.25) is 0 Å². The Bertz CT molecular complexity index is 747. The Labute approximate surface area is 150 Å². The van der Waals surface area contributed by atoms with Crippen LogP contribution in [0.2, 0.25) is 0 Å². The number of benzene rings is 2. The molecule has 0 spiro atoms. The van der Waals surface area contributed by atoms with Crippen LogP contribution >= 0.6 is 0 Å². The van der Waals surface area contributed by atoms with Gasteiger partial charge in [0.15, 0.2) is 23.3 Å². The quantitative estimate of drug-likeness (QED) is 0.453. The fraction of sp³-hybridized carbons (Fsp3) is 0.400. The Balaban J connectivity index is 2.29. The van der Waals surface area contributed by atoms with Gasteiger partial charge in [-0.05, 0) is 30.4 Å². The van der Waals surface area contributed by atoms with Crippen molar-refractivity contribution in [1.29, 1.82) is 0 Å². The highest BCUT2D eigenvalue weighted by Gasteiger charge is 2.20. The Morgan fingerprint density at radius 3 is 1.65 bits per heavy atom. The maximum absolute atomic E-state index is 14.4. The SMILES string of the molecule is CCCOCCc1ccc(-c2ccc(CCOC)c(F)c2F)c(F)c1F. The van der Waals surface area contributed by atoms with Crippen molar-refractivity contribution < 1.29 is 27.0 Å². The molecule has 26 heavy (non-hydrogen) atoms. The molecule has 0 unspecified atom stereocenters. The predicted molar refractivity (Wildman–Crippen MR) is 92.1 cm³/mol. The van der Waals surface area contributed by atoms with Gasteiger partial charge in [-0.2, -0.15) is 0 Å². The lowest BCUT2D eigenvalue weighted by molar-refractivity contribution is 0.137. The largest absolute Gasteiger partial charge is 0.384 e. The van der Waals surface area contributed by atoms with E-state index < -0.39 is 23.3 Å². The molecule has 2 aromatic carbocycles. The molecule has 0 amide bonds. The molecule has 0 bridgehead atoms. The Kier molecular flexibility index (Phi) is 7.60. The first-order valence-corrected chi connectivity index (χ1v) is 8.52. The summed E-state index contributed by atoms with van der Waals surface area (Å²) in [4.78, 5) is 0. The van der Waals surface area contributed by atoms with Gasteiger partial charge in [-0.1, -0.05) is 31.2 Å². The standard InChI is InChI=1S/C20H22F4O2/c1-3-10-26-12-9-14-5-7-16(20(24)18(14)22)15-6-4-13(8-11-25-2)17(21)19(15)23/h4-7H,3,8-12H2,1-2H3. The maximum Gasteiger partial charge on any atom is 0.167 e. The van der Waals surface area contributed by atoms with Crippen LogP contribution in [-0.4, -0.2) is 26.9 Å². The number of methoxy groups -OCH3 is 1. The van der Waals surface area contributed by atoms with Crippen molar-refractivity contribution in [3.8, 4) is 11.1 Å². The van der Waals surface area contributed by atoms with E-state index in [2.05, 4.69) is 0 Å². The highest BCUT2D eigenvalue weighted by atomic mass is 19.2. The number of hydrogen-bond donors (Lipinski definition) is 0. The van der Waals surface area contributed by atoms with E-state index in [0.717, 1.165) is 6.42 Å². The molecule has 0 atom stereocenters. The minimum atomic E-state index is -1.20. The molecule has 0 aliphatic carbocycles. The molecular formula is C20H22F4O2. The highest BCUT2D eigenvalue weighted by molar-refractivity contribution is 5.66. The topological polar surface area (TPSA) is 18.5 Å². The lowest BCUT2D eigenvalue weighted by Crippen LogP contribution is -2.05.